The van der Waals surface area contributed by atoms with Crippen LogP contribution in [-0.4, -0.2) is 26.6 Å². The van der Waals surface area contributed by atoms with Gasteiger partial charge >= 0.3 is 5.97 Å². The molecule has 0 aliphatic rings. The third-order valence-corrected chi connectivity index (χ3v) is 6.33. The molecule has 0 fully saturated rings. The molecular formula is C25H24F2O5S. The van der Waals surface area contributed by atoms with Crippen molar-refractivity contribution in [1.82, 2.24) is 0 Å². The maximum absolute atomic E-state index is 15.1. The number of benzene rings is 3. The summed E-state index contributed by atoms with van der Waals surface area (Å²) in [5, 5.41) is 0. The maximum Gasteiger partial charge on any atom is 0.344 e. The van der Waals surface area contributed by atoms with Crippen molar-refractivity contribution in [2.45, 2.75) is 43.1 Å². The number of hydrogen-bond donors (Lipinski definition) is 0. The number of ether oxygens (including phenoxy) is 2. The normalized spacial score (nSPS) is 11.8. The minimum atomic E-state index is -4.03. The first kappa shape index (κ1) is 24.4. The third-order valence-electron chi connectivity index (χ3n) is 4.57. The van der Waals surface area contributed by atoms with Crippen molar-refractivity contribution in [2.75, 3.05) is 6.61 Å². The Morgan fingerprint density at radius 2 is 1.52 bits per heavy atom. The predicted octanol–water partition coefficient (Wildman–Crippen LogP) is 5.49. The van der Waals surface area contributed by atoms with Crippen molar-refractivity contribution in [2.24, 2.45) is 0 Å². The fourth-order valence-electron chi connectivity index (χ4n) is 3.12. The van der Waals surface area contributed by atoms with Crippen LogP contribution in [0.15, 0.2) is 70.5 Å². The first-order valence-corrected chi connectivity index (χ1v) is 11.6. The molecule has 8 heteroatoms. The Balaban J connectivity index is 1.93. The van der Waals surface area contributed by atoms with Crippen LogP contribution in [0.25, 0.3) is 11.1 Å². The minimum Gasteiger partial charge on any atom is -0.481 e. The van der Waals surface area contributed by atoms with Gasteiger partial charge in [-0.1, -0.05) is 11.6 Å². The lowest BCUT2D eigenvalue weighted by Gasteiger charge is -2.20. The first-order valence-electron chi connectivity index (χ1n) is 10.1. The molecule has 0 radical (unpaired) electrons. The Labute approximate surface area is 191 Å². The van der Waals surface area contributed by atoms with Crippen molar-refractivity contribution in [3.05, 3.63) is 77.9 Å². The van der Waals surface area contributed by atoms with E-state index in [9.17, 15) is 17.6 Å². The van der Waals surface area contributed by atoms with Gasteiger partial charge in [0.05, 0.1) is 9.79 Å². The molecule has 0 heterocycles. The predicted molar refractivity (Wildman–Crippen MR) is 120 cm³/mol. The van der Waals surface area contributed by atoms with E-state index >= 15 is 4.39 Å². The summed E-state index contributed by atoms with van der Waals surface area (Å²) < 4.78 is 64.7. The highest BCUT2D eigenvalue weighted by Crippen LogP contribution is 2.34. The Kier molecular flexibility index (Phi) is 6.88. The number of esters is 1. The second kappa shape index (κ2) is 9.31. The Bertz CT molecular complexity index is 1280. The number of carbonyl (C=O) groups excluding carboxylic acids is 1. The molecule has 0 aliphatic heterocycles. The number of aryl methyl sites for hydroxylation is 1. The van der Waals surface area contributed by atoms with Crippen LogP contribution < -0.4 is 4.74 Å². The van der Waals surface area contributed by atoms with Gasteiger partial charge in [0.2, 0.25) is 9.84 Å². The van der Waals surface area contributed by atoms with E-state index < -0.39 is 33.0 Å². The van der Waals surface area contributed by atoms with Crippen LogP contribution >= 0.6 is 0 Å². The number of halogens is 2. The molecule has 0 spiro atoms. The summed E-state index contributed by atoms with van der Waals surface area (Å²) in [5.74, 6) is -1.69. The van der Waals surface area contributed by atoms with Crippen LogP contribution in [-0.2, 0) is 19.4 Å². The molecule has 0 saturated carbocycles. The molecule has 0 saturated heterocycles. The second-order valence-electron chi connectivity index (χ2n) is 8.47. The van der Waals surface area contributed by atoms with Gasteiger partial charge < -0.3 is 9.47 Å². The first-order chi connectivity index (χ1) is 15.4. The zero-order valence-electron chi connectivity index (χ0n) is 18.7. The van der Waals surface area contributed by atoms with Gasteiger partial charge in [0.1, 0.15) is 23.0 Å². The highest BCUT2D eigenvalue weighted by atomic mass is 32.2. The zero-order chi connectivity index (χ0) is 24.4. The number of rotatable bonds is 6. The van der Waals surface area contributed by atoms with Crippen LogP contribution in [0.5, 0.6) is 5.75 Å². The van der Waals surface area contributed by atoms with E-state index in [4.69, 9.17) is 9.47 Å². The van der Waals surface area contributed by atoms with Gasteiger partial charge in [0.15, 0.2) is 6.61 Å². The molecular weight excluding hydrogens is 450 g/mol. The zero-order valence-corrected chi connectivity index (χ0v) is 19.5. The van der Waals surface area contributed by atoms with Crippen molar-refractivity contribution in [3.8, 4) is 16.9 Å². The molecule has 5 nitrogen and oxygen atoms in total. The number of sulfone groups is 1. The maximum atomic E-state index is 15.1. The van der Waals surface area contributed by atoms with E-state index in [0.717, 1.165) is 35.9 Å². The monoisotopic (exact) mass is 474 g/mol. The van der Waals surface area contributed by atoms with Crippen LogP contribution in [0.3, 0.4) is 0 Å². The fourth-order valence-corrected chi connectivity index (χ4v) is 4.39. The summed E-state index contributed by atoms with van der Waals surface area (Å²) in [4.78, 5) is 11.6. The third kappa shape index (κ3) is 5.96. The average Bonchev–Trinajstić information content (AvgIpc) is 2.72. The van der Waals surface area contributed by atoms with Crippen LogP contribution in [0.4, 0.5) is 8.78 Å². The van der Waals surface area contributed by atoms with Crippen LogP contribution in [0.1, 0.15) is 26.3 Å². The van der Waals surface area contributed by atoms with Gasteiger partial charge in [0, 0.05) is 11.1 Å². The van der Waals surface area contributed by atoms with E-state index in [1.54, 1.807) is 39.0 Å². The largest absolute Gasteiger partial charge is 0.481 e. The molecule has 0 unspecified atom stereocenters. The van der Waals surface area contributed by atoms with Gasteiger partial charge in [-0.25, -0.2) is 22.0 Å². The summed E-state index contributed by atoms with van der Waals surface area (Å²) in [6.45, 7) is 6.65. The molecule has 0 amide bonds. The van der Waals surface area contributed by atoms with Crippen molar-refractivity contribution in [3.63, 3.8) is 0 Å². The standard InChI is InChI=1S/C25H24F2O5S/c1-16-5-12-23(31-15-24(28)32-25(2,3)4)21(13-16)20-11-10-19(14-22(20)27)33(29,30)18-8-6-17(26)7-9-18/h5-14H,15H2,1-4H3. The summed E-state index contributed by atoms with van der Waals surface area (Å²) >= 11 is 0. The smallest absolute Gasteiger partial charge is 0.344 e. The number of hydrogen-bond acceptors (Lipinski definition) is 5. The van der Waals surface area contributed by atoms with Crippen LogP contribution in [0.2, 0.25) is 0 Å². The summed E-state index contributed by atoms with van der Waals surface area (Å²) in [5.41, 5.74) is 0.615. The second-order valence-corrected chi connectivity index (χ2v) is 10.4. The molecule has 33 heavy (non-hydrogen) atoms. The topological polar surface area (TPSA) is 69.7 Å². The summed E-state index contributed by atoms with van der Waals surface area (Å²) in [7, 11) is -4.03. The molecule has 3 rings (SSSR count). The average molecular weight is 475 g/mol. The van der Waals surface area contributed by atoms with E-state index in [-0.39, 0.29) is 27.7 Å². The minimum absolute atomic E-state index is 0.107. The van der Waals surface area contributed by atoms with Gasteiger partial charge in [0.25, 0.3) is 0 Å². The molecule has 3 aromatic carbocycles. The van der Waals surface area contributed by atoms with Gasteiger partial charge in [-0.2, -0.15) is 0 Å². The van der Waals surface area contributed by atoms with Gasteiger partial charge in [-0.3, -0.25) is 0 Å². The lowest BCUT2D eigenvalue weighted by atomic mass is 10.0. The Morgan fingerprint density at radius 1 is 0.879 bits per heavy atom. The van der Waals surface area contributed by atoms with Gasteiger partial charge in [-0.15, -0.1) is 0 Å². The Morgan fingerprint density at radius 3 is 2.12 bits per heavy atom. The van der Waals surface area contributed by atoms with Crippen molar-refractivity contribution >= 4 is 15.8 Å². The van der Waals surface area contributed by atoms with E-state index in [1.165, 1.54) is 12.1 Å². The summed E-state index contributed by atoms with van der Waals surface area (Å²) in [6, 6.07) is 12.9. The SMILES string of the molecule is Cc1ccc(OCC(=O)OC(C)(C)C)c(-c2ccc(S(=O)(=O)c3ccc(F)cc3)cc2F)c1. The fraction of sp³-hybridized carbons (Fsp3) is 0.240. The molecule has 0 aromatic heterocycles. The molecule has 0 atom stereocenters. The number of carbonyl (C=O) groups is 1. The van der Waals surface area contributed by atoms with E-state index in [2.05, 4.69) is 0 Å². The molecule has 0 aliphatic carbocycles. The molecule has 0 bridgehead atoms. The van der Waals surface area contributed by atoms with Gasteiger partial charge in [-0.05, 0) is 82.3 Å². The quantitative estimate of drug-likeness (QED) is 0.349. The molecule has 174 valence electrons. The highest BCUT2D eigenvalue weighted by molar-refractivity contribution is 7.91. The highest BCUT2D eigenvalue weighted by Gasteiger charge is 2.22. The summed E-state index contributed by atoms with van der Waals surface area (Å²) in [6.07, 6.45) is 0. The van der Waals surface area contributed by atoms with E-state index in [0.29, 0.717) is 5.56 Å². The van der Waals surface area contributed by atoms with Crippen molar-refractivity contribution < 1.29 is 31.5 Å². The lowest BCUT2D eigenvalue weighted by Crippen LogP contribution is -2.27. The van der Waals surface area contributed by atoms with E-state index in [1.807, 2.05) is 6.92 Å². The molecule has 0 N–H and O–H groups in total. The molecule has 3 aromatic rings. The van der Waals surface area contributed by atoms with Crippen LogP contribution in [0, 0.1) is 18.6 Å². The lowest BCUT2D eigenvalue weighted by molar-refractivity contribution is -0.157. The van der Waals surface area contributed by atoms with Crippen molar-refractivity contribution in [1.29, 1.82) is 0 Å². The Hall–Kier alpha value is -3.26.